The molecule has 2 aromatic rings. The molecule has 0 saturated carbocycles. The Labute approximate surface area is 151 Å². The summed E-state index contributed by atoms with van der Waals surface area (Å²) in [6.07, 6.45) is 1.21. The van der Waals surface area contributed by atoms with Crippen LogP contribution in [0, 0.1) is 31.6 Å². The van der Waals surface area contributed by atoms with Gasteiger partial charge in [0.1, 0.15) is 17.3 Å². The van der Waals surface area contributed by atoms with Crippen molar-refractivity contribution in [2.45, 2.75) is 0 Å². The highest BCUT2D eigenvalue weighted by atomic mass is 35.5. The Morgan fingerprint density at radius 1 is 1.12 bits per heavy atom. The van der Waals surface area contributed by atoms with Gasteiger partial charge in [0.25, 0.3) is 17.3 Å². The van der Waals surface area contributed by atoms with E-state index in [0.29, 0.717) is 5.56 Å². The molecule has 1 N–H and O–H groups in total. The van der Waals surface area contributed by atoms with Gasteiger partial charge < -0.3 is 5.32 Å². The van der Waals surface area contributed by atoms with Gasteiger partial charge in [-0.3, -0.25) is 25.0 Å². The van der Waals surface area contributed by atoms with E-state index < -0.39 is 21.4 Å². The third-order valence-electron chi connectivity index (χ3n) is 3.18. The minimum absolute atomic E-state index is 0.116. The largest absolute Gasteiger partial charge is 0.316 e. The number of nitrogens with one attached hydrogen (secondary N) is 1. The number of hydrogen-bond donors (Lipinski definition) is 1. The average Bonchev–Trinajstić information content (AvgIpc) is 2.61. The molecule has 0 aliphatic carbocycles. The van der Waals surface area contributed by atoms with E-state index in [2.05, 4.69) is 5.32 Å². The molecule has 0 heterocycles. The van der Waals surface area contributed by atoms with Crippen molar-refractivity contribution < 1.29 is 14.6 Å². The first-order valence-electron chi connectivity index (χ1n) is 6.93. The molecule has 10 heteroatoms. The molecule has 0 spiro atoms. The van der Waals surface area contributed by atoms with E-state index in [1.165, 1.54) is 42.5 Å². The maximum Gasteiger partial charge on any atom is 0.294 e. The number of non-ortho nitro benzene ring substituents is 1. The summed E-state index contributed by atoms with van der Waals surface area (Å²) in [5.74, 6) is -0.865. The lowest BCUT2D eigenvalue weighted by Crippen LogP contribution is -2.14. The molecule has 0 unspecified atom stereocenters. The zero-order chi connectivity index (χ0) is 19.3. The van der Waals surface area contributed by atoms with E-state index in [1.54, 1.807) is 6.07 Å². The van der Waals surface area contributed by atoms with Crippen LogP contribution in [0.25, 0.3) is 6.08 Å². The predicted octanol–water partition coefficient (Wildman–Crippen LogP) is 3.70. The molecule has 0 aliphatic rings. The Morgan fingerprint density at radius 2 is 1.77 bits per heavy atom. The smallest absolute Gasteiger partial charge is 0.294 e. The van der Waals surface area contributed by atoms with Gasteiger partial charge in [-0.2, -0.15) is 5.26 Å². The lowest BCUT2D eigenvalue weighted by atomic mass is 10.1. The third-order valence-corrected chi connectivity index (χ3v) is 3.42. The molecule has 2 aromatic carbocycles. The normalized spacial score (nSPS) is 10.7. The number of nitrogens with zero attached hydrogens (tertiary/aromatic N) is 3. The molecule has 0 fully saturated rings. The molecular weight excluding hydrogens is 364 g/mol. The van der Waals surface area contributed by atoms with Crippen molar-refractivity contribution in [3.63, 3.8) is 0 Å². The van der Waals surface area contributed by atoms with E-state index in [1.807, 2.05) is 0 Å². The van der Waals surface area contributed by atoms with Crippen LogP contribution in [0.3, 0.4) is 0 Å². The van der Waals surface area contributed by atoms with Crippen LogP contribution in [-0.2, 0) is 4.79 Å². The predicted molar refractivity (Wildman–Crippen MR) is 93.4 cm³/mol. The van der Waals surface area contributed by atoms with Gasteiger partial charge in [-0.25, -0.2) is 0 Å². The van der Waals surface area contributed by atoms with Gasteiger partial charge in [-0.15, -0.1) is 0 Å². The Bertz CT molecular complexity index is 964. The molecule has 0 bridgehead atoms. The topological polar surface area (TPSA) is 139 Å². The molecular formula is C16H9ClN4O5. The lowest BCUT2D eigenvalue weighted by molar-refractivity contribution is -0.384. The second-order valence-corrected chi connectivity index (χ2v) is 5.33. The second kappa shape index (κ2) is 7.87. The zero-order valence-electron chi connectivity index (χ0n) is 12.9. The Balaban J connectivity index is 2.28. The highest BCUT2D eigenvalue weighted by Crippen LogP contribution is 2.28. The fourth-order valence-electron chi connectivity index (χ4n) is 1.96. The number of rotatable bonds is 5. The van der Waals surface area contributed by atoms with Gasteiger partial charge in [0, 0.05) is 23.2 Å². The SMILES string of the molecule is N#CC(=Cc1ccc([N+](=O)[O-])cc1)C(=O)Nc1ccc(Cl)cc1[N+](=O)[O-]. The Hall–Kier alpha value is -3.77. The molecule has 9 nitrogen and oxygen atoms in total. The van der Waals surface area contributed by atoms with Gasteiger partial charge in [0.15, 0.2) is 0 Å². The van der Waals surface area contributed by atoms with Gasteiger partial charge in [0.2, 0.25) is 0 Å². The number of carbonyl (C=O) groups excluding carboxylic acids is 1. The van der Waals surface area contributed by atoms with Gasteiger partial charge >= 0.3 is 0 Å². The number of carbonyl (C=O) groups is 1. The average molecular weight is 373 g/mol. The number of amides is 1. The standard InChI is InChI=1S/C16H9ClN4O5/c17-12-3-6-14(15(8-12)21(25)26)19-16(22)11(9-18)7-10-1-4-13(5-2-10)20(23)24/h1-8H,(H,19,22). The Kier molecular flexibility index (Phi) is 5.62. The molecule has 2 rings (SSSR count). The number of benzene rings is 2. The van der Waals surface area contributed by atoms with Crippen molar-refractivity contribution in [3.8, 4) is 6.07 Å². The number of nitro benzene ring substituents is 2. The van der Waals surface area contributed by atoms with Gasteiger partial charge in [0.05, 0.1) is 9.85 Å². The summed E-state index contributed by atoms with van der Waals surface area (Å²) < 4.78 is 0. The molecule has 0 atom stereocenters. The number of halogens is 1. The summed E-state index contributed by atoms with van der Waals surface area (Å²) in [6.45, 7) is 0. The maximum atomic E-state index is 12.2. The number of nitro groups is 2. The summed E-state index contributed by atoms with van der Waals surface area (Å²) in [7, 11) is 0. The summed E-state index contributed by atoms with van der Waals surface area (Å²) in [4.78, 5) is 32.6. The van der Waals surface area contributed by atoms with Gasteiger partial charge in [-0.05, 0) is 35.9 Å². The minimum Gasteiger partial charge on any atom is -0.316 e. The first kappa shape index (κ1) is 18.6. The first-order valence-corrected chi connectivity index (χ1v) is 7.31. The maximum absolute atomic E-state index is 12.2. The lowest BCUT2D eigenvalue weighted by Gasteiger charge is -2.05. The number of anilines is 1. The summed E-state index contributed by atoms with van der Waals surface area (Å²) in [5.41, 5.74) is -0.620. The van der Waals surface area contributed by atoms with Crippen LogP contribution >= 0.6 is 11.6 Å². The van der Waals surface area contributed by atoms with E-state index in [0.717, 1.165) is 6.07 Å². The Morgan fingerprint density at radius 3 is 2.31 bits per heavy atom. The quantitative estimate of drug-likeness (QED) is 0.367. The second-order valence-electron chi connectivity index (χ2n) is 4.89. The van der Waals surface area contributed by atoms with Crippen molar-refractivity contribution in [2.75, 3.05) is 5.32 Å². The first-order chi connectivity index (χ1) is 12.3. The van der Waals surface area contributed by atoms with Crippen LogP contribution in [0.15, 0.2) is 48.0 Å². The summed E-state index contributed by atoms with van der Waals surface area (Å²) in [5, 5.41) is 33.2. The van der Waals surface area contributed by atoms with E-state index in [4.69, 9.17) is 16.9 Å². The monoisotopic (exact) mass is 372 g/mol. The van der Waals surface area contributed by atoms with Gasteiger partial charge in [-0.1, -0.05) is 11.6 Å². The van der Waals surface area contributed by atoms with Crippen LogP contribution in [0.5, 0.6) is 0 Å². The van der Waals surface area contributed by atoms with Crippen molar-refractivity contribution in [3.05, 3.63) is 78.9 Å². The van der Waals surface area contributed by atoms with Crippen LogP contribution in [0.1, 0.15) is 5.56 Å². The van der Waals surface area contributed by atoms with Crippen molar-refractivity contribution in [2.24, 2.45) is 0 Å². The third kappa shape index (κ3) is 4.40. The number of hydrogen-bond acceptors (Lipinski definition) is 6. The van der Waals surface area contributed by atoms with E-state index in [-0.39, 0.29) is 22.0 Å². The van der Waals surface area contributed by atoms with Crippen LogP contribution in [0.4, 0.5) is 17.1 Å². The number of nitriles is 1. The fraction of sp³-hybridized carbons (Fsp3) is 0. The van der Waals surface area contributed by atoms with Crippen LogP contribution in [0.2, 0.25) is 5.02 Å². The molecule has 26 heavy (non-hydrogen) atoms. The van der Waals surface area contributed by atoms with Crippen molar-refractivity contribution >= 4 is 40.6 Å². The molecule has 1 amide bonds. The fourth-order valence-corrected chi connectivity index (χ4v) is 2.13. The van der Waals surface area contributed by atoms with Crippen LogP contribution < -0.4 is 5.32 Å². The molecule has 0 saturated heterocycles. The highest BCUT2D eigenvalue weighted by molar-refractivity contribution is 6.31. The molecule has 0 aromatic heterocycles. The minimum atomic E-state index is -0.865. The van der Waals surface area contributed by atoms with E-state index >= 15 is 0 Å². The zero-order valence-corrected chi connectivity index (χ0v) is 13.6. The summed E-state index contributed by atoms with van der Waals surface area (Å²) >= 11 is 5.70. The van der Waals surface area contributed by atoms with Crippen LogP contribution in [-0.4, -0.2) is 15.8 Å². The van der Waals surface area contributed by atoms with Crippen molar-refractivity contribution in [1.82, 2.24) is 0 Å². The molecule has 130 valence electrons. The summed E-state index contributed by atoms with van der Waals surface area (Å²) in [6, 6.07) is 10.6. The molecule has 0 radical (unpaired) electrons. The molecule has 0 aliphatic heterocycles. The van der Waals surface area contributed by atoms with E-state index in [9.17, 15) is 25.0 Å². The van der Waals surface area contributed by atoms with Crippen molar-refractivity contribution in [1.29, 1.82) is 5.26 Å². The highest BCUT2D eigenvalue weighted by Gasteiger charge is 2.18.